The topological polar surface area (TPSA) is 83.4 Å². The number of hydrogen-bond acceptors (Lipinski definition) is 5. The lowest BCUT2D eigenvalue weighted by Gasteiger charge is -2.18. The Morgan fingerprint density at radius 2 is 2.33 bits per heavy atom. The van der Waals surface area contributed by atoms with Crippen molar-refractivity contribution in [3.63, 3.8) is 0 Å². The number of carbonyl (C=O) groups is 2. The molecular weight excluding hydrogens is 218 g/mol. The molecule has 1 rings (SSSR count). The van der Waals surface area contributed by atoms with Gasteiger partial charge in [0.2, 0.25) is 0 Å². The van der Waals surface area contributed by atoms with Gasteiger partial charge in [-0.2, -0.15) is 0 Å². The van der Waals surface area contributed by atoms with E-state index in [1.807, 2.05) is 6.92 Å². The summed E-state index contributed by atoms with van der Waals surface area (Å²) in [5.41, 5.74) is 0.203. The molecule has 1 heterocycles. The molecule has 0 saturated heterocycles. The Labute approximate surface area is 90.7 Å². The van der Waals surface area contributed by atoms with Crippen molar-refractivity contribution in [3.05, 3.63) is 11.1 Å². The van der Waals surface area contributed by atoms with Crippen LogP contribution < -0.4 is 0 Å². The number of aromatic nitrogens is 2. The number of nitrogens with zero attached hydrogens (tertiary/aromatic N) is 3. The first-order valence-corrected chi connectivity index (χ1v) is 5.27. The van der Waals surface area contributed by atoms with Crippen LogP contribution in [0.1, 0.15) is 23.8 Å². The van der Waals surface area contributed by atoms with Crippen LogP contribution in [0.15, 0.2) is 5.38 Å². The standard InChI is InChI=1S/C8H11N3O3S/c1-2-3-11(4-7(12)13)8(14)6-5-15-10-9-6/h5H,2-4H2,1H3,(H,12,13). The fraction of sp³-hybridized carbons (Fsp3) is 0.500. The van der Waals surface area contributed by atoms with Crippen molar-refractivity contribution >= 4 is 23.4 Å². The first-order valence-electron chi connectivity index (χ1n) is 4.43. The first kappa shape index (κ1) is 11.6. The highest BCUT2D eigenvalue weighted by Gasteiger charge is 2.19. The molecule has 0 aliphatic carbocycles. The number of hydrogen-bond donors (Lipinski definition) is 1. The van der Waals surface area contributed by atoms with Gasteiger partial charge in [-0.05, 0) is 18.0 Å². The van der Waals surface area contributed by atoms with E-state index in [0.717, 1.165) is 11.5 Å². The maximum atomic E-state index is 11.7. The highest BCUT2D eigenvalue weighted by molar-refractivity contribution is 7.03. The molecule has 1 aromatic rings. The fourth-order valence-corrected chi connectivity index (χ4v) is 1.54. The van der Waals surface area contributed by atoms with Crippen LogP contribution in [-0.2, 0) is 4.79 Å². The average molecular weight is 229 g/mol. The SMILES string of the molecule is CCCN(CC(=O)O)C(=O)c1csnn1. The third kappa shape index (κ3) is 3.28. The van der Waals surface area contributed by atoms with E-state index >= 15 is 0 Å². The summed E-state index contributed by atoms with van der Waals surface area (Å²) >= 11 is 1.07. The summed E-state index contributed by atoms with van der Waals surface area (Å²) in [6.45, 7) is 1.98. The maximum absolute atomic E-state index is 11.7. The van der Waals surface area contributed by atoms with Crippen molar-refractivity contribution in [3.8, 4) is 0 Å². The molecule has 0 spiro atoms. The Bertz CT molecular complexity index is 339. The zero-order valence-electron chi connectivity index (χ0n) is 8.21. The lowest BCUT2D eigenvalue weighted by Crippen LogP contribution is -2.36. The molecule has 0 radical (unpaired) electrons. The normalized spacial score (nSPS) is 9.93. The van der Waals surface area contributed by atoms with E-state index in [4.69, 9.17) is 5.11 Å². The van der Waals surface area contributed by atoms with Gasteiger partial charge in [-0.25, -0.2) is 0 Å². The Balaban J connectivity index is 2.71. The van der Waals surface area contributed by atoms with Crippen molar-refractivity contribution in [2.24, 2.45) is 0 Å². The summed E-state index contributed by atoms with van der Waals surface area (Å²) in [4.78, 5) is 23.5. The van der Waals surface area contributed by atoms with Gasteiger partial charge >= 0.3 is 5.97 Å². The van der Waals surface area contributed by atoms with Crippen molar-refractivity contribution in [1.29, 1.82) is 0 Å². The van der Waals surface area contributed by atoms with E-state index in [9.17, 15) is 9.59 Å². The second-order valence-corrected chi connectivity index (χ2v) is 3.52. The smallest absolute Gasteiger partial charge is 0.323 e. The van der Waals surface area contributed by atoms with Gasteiger partial charge in [-0.15, -0.1) is 5.10 Å². The Morgan fingerprint density at radius 3 is 2.80 bits per heavy atom. The molecule has 1 N–H and O–H groups in total. The summed E-state index contributed by atoms with van der Waals surface area (Å²) in [6.07, 6.45) is 0.705. The monoisotopic (exact) mass is 229 g/mol. The van der Waals surface area contributed by atoms with Crippen molar-refractivity contribution in [2.75, 3.05) is 13.1 Å². The third-order valence-electron chi connectivity index (χ3n) is 1.69. The molecule has 0 unspecified atom stereocenters. The minimum Gasteiger partial charge on any atom is -0.480 e. The van der Waals surface area contributed by atoms with Gasteiger partial charge in [0.05, 0.1) is 0 Å². The minimum absolute atomic E-state index is 0.203. The number of carboxylic acid groups (broad SMARTS) is 1. The molecule has 6 nitrogen and oxygen atoms in total. The zero-order chi connectivity index (χ0) is 11.3. The van der Waals surface area contributed by atoms with Gasteiger partial charge in [-0.3, -0.25) is 9.59 Å². The van der Waals surface area contributed by atoms with Crippen LogP contribution in [0.2, 0.25) is 0 Å². The van der Waals surface area contributed by atoms with Crippen molar-refractivity contribution in [2.45, 2.75) is 13.3 Å². The highest BCUT2D eigenvalue weighted by atomic mass is 32.1. The van der Waals surface area contributed by atoms with Gasteiger partial charge in [0.15, 0.2) is 5.69 Å². The zero-order valence-corrected chi connectivity index (χ0v) is 9.03. The van der Waals surface area contributed by atoms with Gasteiger partial charge in [-0.1, -0.05) is 11.4 Å². The second-order valence-electron chi connectivity index (χ2n) is 2.91. The molecule has 7 heteroatoms. The largest absolute Gasteiger partial charge is 0.480 e. The molecule has 0 aromatic carbocycles. The number of amides is 1. The van der Waals surface area contributed by atoms with Crippen molar-refractivity contribution in [1.82, 2.24) is 14.5 Å². The fourth-order valence-electron chi connectivity index (χ4n) is 1.11. The van der Waals surface area contributed by atoms with Crippen molar-refractivity contribution < 1.29 is 14.7 Å². The molecule has 0 bridgehead atoms. The maximum Gasteiger partial charge on any atom is 0.323 e. The first-order chi connectivity index (χ1) is 7.15. The summed E-state index contributed by atoms with van der Waals surface area (Å²) in [6, 6.07) is 0. The molecule has 1 aromatic heterocycles. The van der Waals surface area contributed by atoms with E-state index in [1.165, 1.54) is 10.3 Å². The molecule has 0 atom stereocenters. The van der Waals surface area contributed by atoms with Gasteiger partial charge in [0.1, 0.15) is 6.54 Å². The van der Waals surface area contributed by atoms with Crippen LogP contribution in [-0.4, -0.2) is 44.6 Å². The number of carboxylic acids is 1. The molecule has 0 saturated carbocycles. The molecule has 82 valence electrons. The summed E-state index contributed by atoms with van der Waals surface area (Å²) in [7, 11) is 0. The Hall–Kier alpha value is -1.50. The van der Waals surface area contributed by atoms with Gasteiger partial charge < -0.3 is 10.0 Å². The van der Waals surface area contributed by atoms with Gasteiger partial charge in [0.25, 0.3) is 5.91 Å². The van der Waals surface area contributed by atoms with Crippen LogP contribution in [0.25, 0.3) is 0 Å². The second kappa shape index (κ2) is 5.40. The van der Waals surface area contributed by atoms with E-state index in [1.54, 1.807) is 0 Å². The lowest BCUT2D eigenvalue weighted by atomic mass is 10.3. The van der Waals surface area contributed by atoms with E-state index < -0.39 is 5.97 Å². The predicted molar refractivity (Wildman–Crippen MR) is 53.7 cm³/mol. The quantitative estimate of drug-likeness (QED) is 0.793. The average Bonchev–Trinajstić information content (AvgIpc) is 2.68. The van der Waals surface area contributed by atoms with Crippen LogP contribution in [0.4, 0.5) is 0 Å². The molecule has 0 aliphatic heterocycles. The predicted octanol–water partition coefficient (Wildman–Crippen LogP) is 0.475. The van der Waals surface area contributed by atoms with Crippen LogP contribution in [0.5, 0.6) is 0 Å². The number of aliphatic carboxylic acids is 1. The summed E-state index contributed by atoms with van der Waals surface area (Å²) in [5, 5.41) is 13.7. The van der Waals surface area contributed by atoms with Gasteiger partial charge in [0, 0.05) is 11.9 Å². The highest BCUT2D eigenvalue weighted by Crippen LogP contribution is 2.04. The summed E-state index contributed by atoms with van der Waals surface area (Å²) < 4.78 is 3.56. The van der Waals surface area contributed by atoms with E-state index in [-0.39, 0.29) is 18.1 Å². The number of carbonyl (C=O) groups excluding carboxylic acids is 1. The summed E-state index contributed by atoms with van der Waals surface area (Å²) in [5.74, 6) is -1.41. The molecule has 0 fully saturated rings. The van der Waals surface area contributed by atoms with Crippen LogP contribution >= 0.6 is 11.5 Å². The minimum atomic E-state index is -1.03. The lowest BCUT2D eigenvalue weighted by molar-refractivity contribution is -0.137. The molecule has 15 heavy (non-hydrogen) atoms. The van der Waals surface area contributed by atoms with E-state index in [0.29, 0.717) is 13.0 Å². The van der Waals surface area contributed by atoms with E-state index in [2.05, 4.69) is 9.59 Å². The van der Waals surface area contributed by atoms with Crippen LogP contribution in [0, 0.1) is 0 Å². The molecular formula is C8H11N3O3S. The Kier molecular flexibility index (Phi) is 4.17. The Morgan fingerprint density at radius 1 is 1.60 bits per heavy atom. The van der Waals surface area contributed by atoms with Crippen LogP contribution in [0.3, 0.4) is 0 Å². The molecule has 0 aliphatic rings. The third-order valence-corrected chi connectivity index (χ3v) is 2.19. The molecule has 1 amide bonds. The number of rotatable bonds is 5.